The molecule has 0 aliphatic carbocycles. The second kappa shape index (κ2) is 5.08. The van der Waals surface area contributed by atoms with E-state index in [-0.39, 0.29) is 5.82 Å². The topological polar surface area (TPSA) is 32.3 Å². The van der Waals surface area contributed by atoms with Crippen LogP contribution in [0.1, 0.15) is 25.5 Å². The Labute approximate surface area is 83.8 Å². The monoisotopic (exact) mass is 197 g/mol. The Kier molecular flexibility index (Phi) is 4.04. The molecule has 0 radical (unpaired) electrons. The molecule has 0 saturated heterocycles. The van der Waals surface area contributed by atoms with Gasteiger partial charge in [0.25, 0.3) is 0 Å². The second-order valence-electron chi connectivity index (χ2n) is 3.63. The summed E-state index contributed by atoms with van der Waals surface area (Å²) >= 11 is 0. The average Bonchev–Trinajstić information content (AvgIpc) is 2.14. The molecule has 0 bridgehead atoms. The Morgan fingerprint density at radius 2 is 2.14 bits per heavy atom. The molecule has 14 heavy (non-hydrogen) atoms. The third-order valence-corrected chi connectivity index (χ3v) is 1.95. The molecule has 1 unspecified atom stereocenters. The van der Waals surface area contributed by atoms with Crippen molar-refractivity contribution in [3.8, 4) is 0 Å². The number of hydrogen-bond acceptors (Lipinski definition) is 2. The number of halogens is 1. The Morgan fingerprint density at radius 1 is 1.43 bits per heavy atom. The molecular weight excluding hydrogens is 181 g/mol. The van der Waals surface area contributed by atoms with Crippen molar-refractivity contribution in [2.45, 2.75) is 26.0 Å². The maximum Gasteiger partial charge on any atom is 0.123 e. The highest BCUT2D eigenvalue weighted by Gasteiger charge is 2.07. The first kappa shape index (κ1) is 11.1. The van der Waals surface area contributed by atoms with Crippen LogP contribution in [0.4, 0.5) is 4.39 Å². The van der Waals surface area contributed by atoms with Gasteiger partial charge in [-0.05, 0) is 17.7 Å². The molecule has 0 aromatic heterocycles. The summed E-state index contributed by atoms with van der Waals surface area (Å²) in [6, 6.07) is 6.36. The fourth-order valence-corrected chi connectivity index (χ4v) is 1.18. The minimum absolute atomic E-state index is 0.314. The van der Waals surface area contributed by atoms with E-state index in [2.05, 4.69) is 5.32 Å². The smallest absolute Gasteiger partial charge is 0.123 e. The summed E-state index contributed by atoms with van der Waals surface area (Å²) in [6.07, 6.45) is -0.645. The molecule has 0 heterocycles. The van der Waals surface area contributed by atoms with Crippen LogP contribution in [-0.2, 0) is 0 Å². The van der Waals surface area contributed by atoms with E-state index in [9.17, 15) is 9.50 Å². The van der Waals surface area contributed by atoms with Gasteiger partial charge >= 0.3 is 0 Å². The number of hydrogen-bond donors (Lipinski definition) is 2. The van der Waals surface area contributed by atoms with Crippen molar-refractivity contribution in [3.05, 3.63) is 35.6 Å². The summed E-state index contributed by atoms with van der Waals surface area (Å²) in [6.45, 7) is 4.44. The Bertz CT molecular complexity index is 288. The lowest BCUT2D eigenvalue weighted by Gasteiger charge is -2.14. The van der Waals surface area contributed by atoms with Gasteiger partial charge in [-0.25, -0.2) is 4.39 Å². The third kappa shape index (κ3) is 3.44. The van der Waals surface area contributed by atoms with Crippen molar-refractivity contribution in [1.82, 2.24) is 5.32 Å². The van der Waals surface area contributed by atoms with Crippen molar-refractivity contribution in [2.24, 2.45) is 0 Å². The van der Waals surface area contributed by atoms with Gasteiger partial charge in [0, 0.05) is 12.6 Å². The van der Waals surface area contributed by atoms with E-state index in [1.54, 1.807) is 12.1 Å². The summed E-state index contributed by atoms with van der Waals surface area (Å²) < 4.78 is 12.8. The largest absolute Gasteiger partial charge is 0.387 e. The van der Waals surface area contributed by atoms with E-state index in [1.807, 2.05) is 13.8 Å². The van der Waals surface area contributed by atoms with Gasteiger partial charge in [-0.2, -0.15) is 0 Å². The van der Waals surface area contributed by atoms with E-state index >= 15 is 0 Å². The average molecular weight is 197 g/mol. The van der Waals surface area contributed by atoms with Crippen LogP contribution in [0.15, 0.2) is 24.3 Å². The highest BCUT2D eigenvalue weighted by Crippen LogP contribution is 2.12. The minimum Gasteiger partial charge on any atom is -0.387 e. The number of aliphatic hydroxyl groups is 1. The lowest BCUT2D eigenvalue weighted by molar-refractivity contribution is 0.171. The molecule has 0 aliphatic heterocycles. The summed E-state index contributed by atoms with van der Waals surface area (Å²) in [7, 11) is 0. The first-order valence-corrected chi connectivity index (χ1v) is 4.76. The van der Waals surface area contributed by atoms with Crippen LogP contribution in [0.5, 0.6) is 0 Å². The quantitative estimate of drug-likeness (QED) is 0.772. The molecule has 2 N–H and O–H groups in total. The predicted octanol–water partition coefficient (Wildman–Crippen LogP) is 1.86. The molecule has 1 aromatic rings. The van der Waals surface area contributed by atoms with Crippen molar-refractivity contribution in [3.63, 3.8) is 0 Å². The zero-order valence-corrected chi connectivity index (χ0v) is 8.50. The number of benzene rings is 1. The van der Waals surface area contributed by atoms with Gasteiger partial charge in [-0.1, -0.05) is 26.0 Å². The second-order valence-corrected chi connectivity index (χ2v) is 3.63. The van der Waals surface area contributed by atoms with E-state index in [4.69, 9.17) is 0 Å². The Balaban J connectivity index is 2.56. The molecular formula is C11H16FNO. The molecule has 0 fully saturated rings. The molecule has 78 valence electrons. The zero-order chi connectivity index (χ0) is 10.6. The van der Waals surface area contributed by atoms with Gasteiger partial charge in [0.15, 0.2) is 0 Å². The normalized spacial score (nSPS) is 13.2. The van der Waals surface area contributed by atoms with E-state index in [0.29, 0.717) is 18.2 Å². The van der Waals surface area contributed by atoms with Gasteiger partial charge < -0.3 is 10.4 Å². The van der Waals surface area contributed by atoms with Crippen LogP contribution in [0.2, 0.25) is 0 Å². The summed E-state index contributed by atoms with van der Waals surface area (Å²) in [5.41, 5.74) is 0.609. The predicted molar refractivity (Wildman–Crippen MR) is 54.5 cm³/mol. The van der Waals surface area contributed by atoms with E-state index in [0.717, 1.165) is 0 Å². The molecule has 0 saturated carbocycles. The van der Waals surface area contributed by atoms with Gasteiger partial charge in [0.2, 0.25) is 0 Å². The van der Waals surface area contributed by atoms with Gasteiger partial charge in [-0.15, -0.1) is 0 Å². The Hall–Kier alpha value is -0.930. The van der Waals surface area contributed by atoms with Crippen LogP contribution in [0, 0.1) is 5.82 Å². The first-order valence-electron chi connectivity index (χ1n) is 4.76. The third-order valence-electron chi connectivity index (χ3n) is 1.95. The number of rotatable bonds is 4. The highest BCUT2D eigenvalue weighted by molar-refractivity contribution is 5.18. The van der Waals surface area contributed by atoms with Crippen LogP contribution < -0.4 is 5.32 Å². The fraction of sp³-hybridized carbons (Fsp3) is 0.455. The lowest BCUT2D eigenvalue weighted by Crippen LogP contribution is -2.27. The molecule has 1 aromatic carbocycles. The fourth-order valence-electron chi connectivity index (χ4n) is 1.18. The lowest BCUT2D eigenvalue weighted by atomic mass is 10.1. The van der Waals surface area contributed by atoms with Crippen molar-refractivity contribution in [2.75, 3.05) is 6.54 Å². The first-order chi connectivity index (χ1) is 6.59. The van der Waals surface area contributed by atoms with Crippen molar-refractivity contribution >= 4 is 0 Å². The van der Waals surface area contributed by atoms with Crippen LogP contribution >= 0.6 is 0 Å². The summed E-state index contributed by atoms with van der Waals surface area (Å²) in [5, 5.41) is 12.8. The Morgan fingerprint density at radius 3 is 2.71 bits per heavy atom. The zero-order valence-electron chi connectivity index (χ0n) is 8.50. The van der Waals surface area contributed by atoms with Crippen molar-refractivity contribution < 1.29 is 9.50 Å². The molecule has 3 heteroatoms. The standard InChI is InChI=1S/C11H16FNO/c1-8(2)13-7-11(14)9-4-3-5-10(12)6-9/h3-6,8,11,13-14H,7H2,1-2H3. The van der Waals surface area contributed by atoms with Crippen LogP contribution in [-0.4, -0.2) is 17.7 Å². The van der Waals surface area contributed by atoms with Crippen molar-refractivity contribution in [1.29, 1.82) is 0 Å². The summed E-state index contributed by atoms with van der Waals surface area (Å²) in [5.74, 6) is -0.314. The summed E-state index contributed by atoms with van der Waals surface area (Å²) in [4.78, 5) is 0. The van der Waals surface area contributed by atoms with E-state index < -0.39 is 6.10 Å². The van der Waals surface area contributed by atoms with E-state index in [1.165, 1.54) is 12.1 Å². The van der Waals surface area contributed by atoms with Gasteiger partial charge in [0.05, 0.1) is 6.10 Å². The molecule has 0 amide bonds. The molecule has 1 rings (SSSR count). The molecule has 2 nitrogen and oxygen atoms in total. The SMILES string of the molecule is CC(C)NCC(O)c1cccc(F)c1. The number of nitrogens with one attached hydrogen (secondary N) is 1. The highest BCUT2D eigenvalue weighted by atomic mass is 19.1. The minimum atomic E-state index is -0.645. The van der Waals surface area contributed by atoms with Gasteiger partial charge in [0.1, 0.15) is 5.82 Å². The van der Waals surface area contributed by atoms with Crippen LogP contribution in [0.25, 0.3) is 0 Å². The molecule has 0 aliphatic rings. The number of aliphatic hydroxyl groups excluding tert-OH is 1. The van der Waals surface area contributed by atoms with Crippen LogP contribution in [0.3, 0.4) is 0 Å². The maximum absolute atomic E-state index is 12.8. The molecule has 1 atom stereocenters. The molecule has 0 spiro atoms. The van der Waals surface area contributed by atoms with Gasteiger partial charge in [-0.3, -0.25) is 0 Å². The maximum atomic E-state index is 12.8.